The molecule has 3 aromatic carbocycles. The summed E-state index contributed by atoms with van der Waals surface area (Å²) in [6, 6.07) is 14.9. The number of aliphatic hydroxyl groups is 1. The lowest BCUT2D eigenvalue weighted by Gasteiger charge is -2.33. The third-order valence-electron chi connectivity index (χ3n) is 7.19. The summed E-state index contributed by atoms with van der Waals surface area (Å²) in [7, 11) is 0. The number of nitrogens with zero attached hydrogens (tertiary/aromatic N) is 1. The smallest absolute Gasteiger partial charge is 0.430 e. The van der Waals surface area contributed by atoms with Gasteiger partial charge >= 0.3 is 18.4 Å². The van der Waals surface area contributed by atoms with Crippen molar-refractivity contribution in [1.82, 2.24) is 10.2 Å². The quantitative estimate of drug-likeness (QED) is 0.217. The zero-order chi connectivity index (χ0) is 31.1. The number of imide groups is 1. The fraction of sp³-hybridized carbons (Fsp3) is 0.333. The summed E-state index contributed by atoms with van der Waals surface area (Å²) in [5.74, 6) is -0.301. The highest BCUT2D eigenvalue weighted by Crippen LogP contribution is 2.50. The molecule has 0 aliphatic carbocycles. The maximum Gasteiger partial charge on any atom is 0.430 e. The lowest BCUT2D eigenvalue weighted by molar-refractivity contribution is -0.376. The zero-order valence-corrected chi connectivity index (χ0v) is 22.9. The van der Waals surface area contributed by atoms with Crippen molar-refractivity contribution in [1.29, 1.82) is 0 Å². The van der Waals surface area contributed by atoms with Gasteiger partial charge in [0.25, 0.3) is 11.5 Å². The number of halogens is 6. The fourth-order valence-electron chi connectivity index (χ4n) is 4.80. The van der Waals surface area contributed by atoms with E-state index in [9.17, 15) is 41.0 Å². The molecule has 1 aliphatic heterocycles. The molecule has 224 valence electrons. The van der Waals surface area contributed by atoms with E-state index in [2.05, 4.69) is 5.32 Å². The number of aryl methyl sites for hydroxylation is 2. The molecule has 42 heavy (non-hydrogen) atoms. The predicted octanol–water partition coefficient (Wildman–Crippen LogP) is 7.02. The molecule has 3 amide bonds. The Balaban J connectivity index is 1.59. The number of benzene rings is 3. The van der Waals surface area contributed by atoms with Gasteiger partial charge in [-0.05, 0) is 61.2 Å². The number of alkyl halides is 6. The Labute approximate surface area is 237 Å². The van der Waals surface area contributed by atoms with Crippen LogP contribution in [0.15, 0.2) is 66.7 Å². The summed E-state index contributed by atoms with van der Waals surface area (Å²) in [5.41, 5.74) is -5.60. The average molecular weight is 595 g/mol. The monoisotopic (exact) mass is 594 g/mol. The van der Waals surface area contributed by atoms with E-state index in [1.807, 2.05) is 19.1 Å². The summed E-state index contributed by atoms with van der Waals surface area (Å²) >= 11 is 0. The topological polar surface area (TPSA) is 78.9 Å². The van der Waals surface area contributed by atoms with Crippen molar-refractivity contribution in [3.63, 3.8) is 0 Å². The minimum atomic E-state index is -6.01. The van der Waals surface area contributed by atoms with Gasteiger partial charge in [-0.1, -0.05) is 61.4 Å². The Morgan fingerprint density at radius 2 is 1.57 bits per heavy atom. The molecule has 0 spiro atoms. The van der Waals surface area contributed by atoms with Crippen molar-refractivity contribution >= 4 is 11.9 Å². The van der Waals surface area contributed by atoms with Gasteiger partial charge in [-0.2, -0.15) is 26.3 Å². The summed E-state index contributed by atoms with van der Waals surface area (Å²) in [6.07, 6.45) is -11.6. The molecule has 0 aromatic heterocycles. The third-order valence-corrected chi connectivity index (χ3v) is 7.19. The minimum Gasteiger partial charge on any atom is -0.457 e. The van der Waals surface area contributed by atoms with E-state index in [0.29, 0.717) is 29.7 Å². The zero-order valence-electron chi connectivity index (χ0n) is 22.9. The molecule has 12 heteroatoms. The van der Waals surface area contributed by atoms with E-state index >= 15 is 0 Å². The first-order valence-corrected chi connectivity index (χ1v) is 13.0. The van der Waals surface area contributed by atoms with Gasteiger partial charge in [0.2, 0.25) is 0 Å². The van der Waals surface area contributed by atoms with Crippen LogP contribution in [0.3, 0.4) is 0 Å². The van der Waals surface area contributed by atoms with E-state index in [-0.39, 0.29) is 30.0 Å². The Morgan fingerprint density at radius 1 is 0.929 bits per heavy atom. The summed E-state index contributed by atoms with van der Waals surface area (Å²) < 4.78 is 86.4. The normalized spacial score (nSPS) is 17.9. The Hall–Kier alpha value is -4.06. The van der Waals surface area contributed by atoms with Gasteiger partial charge in [0.1, 0.15) is 17.0 Å². The molecule has 0 radical (unpaired) electrons. The van der Waals surface area contributed by atoms with Gasteiger partial charge in [0.05, 0.1) is 6.54 Å². The fourth-order valence-corrected chi connectivity index (χ4v) is 4.80. The highest BCUT2D eigenvalue weighted by molar-refractivity contribution is 6.07. The molecule has 1 atom stereocenters. The van der Waals surface area contributed by atoms with Gasteiger partial charge in [-0.15, -0.1) is 0 Å². The van der Waals surface area contributed by atoms with Crippen LogP contribution in [-0.2, 0) is 28.9 Å². The molecular formula is C30H28F6N2O4. The molecule has 0 bridgehead atoms. The van der Waals surface area contributed by atoms with Crippen LogP contribution >= 0.6 is 0 Å². The van der Waals surface area contributed by atoms with Crippen LogP contribution in [0.2, 0.25) is 0 Å². The van der Waals surface area contributed by atoms with Crippen LogP contribution in [0.25, 0.3) is 0 Å². The van der Waals surface area contributed by atoms with Crippen LogP contribution in [0.4, 0.5) is 31.1 Å². The number of nitrogens with one attached hydrogen (secondary N) is 1. The van der Waals surface area contributed by atoms with Gasteiger partial charge in [-0.3, -0.25) is 9.69 Å². The molecule has 6 nitrogen and oxygen atoms in total. The molecular weight excluding hydrogens is 566 g/mol. The summed E-state index contributed by atoms with van der Waals surface area (Å²) in [6.45, 7) is 5.06. The van der Waals surface area contributed by atoms with Gasteiger partial charge < -0.3 is 15.2 Å². The number of urea groups is 1. The first kappa shape index (κ1) is 30.9. The standard InChI is InChI=1S/C30H28F6N2O4/c1-4-6-20-16-22(28(41,29(31,32)33)30(34,35)36)13-14-24(20)42-23-8-5-7-19(15-23)17-38-25(39)27(3,37-26(38)40)21-11-9-18(2)10-12-21/h5,7-16,41H,4,6,17H2,1-3H3,(H,37,40). The first-order valence-electron chi connectivity index (χ1n) is 13.0. The predicted molar refractivity (Wildman–Crippen MR) is 141 cm³/mol. The number of carbonyl (C=O) groups excluding carboxylic acids is 2. The van der Waals surface area contributed by atoms with Crippen molar-refractivity contribution in [2.24, 2.45) is 0 Å². The van der Waals surface area contributed by atoms with Crippen LogP contribution in [0.5, 0.6) is 11.5 Å². The van der Waals surface area contributed by atoms with Gasteiger partial charge in [0, 0.05) is 5.56 Å². The second-order valence-corrected chi connectivity index (χ2v) is 10.3. The molecule has 1 saturated heterocycles. The van der Waals surface area contributed by atoms with E-state index in [0.717, 1.165) is 16.5 Å². The number of hydrogen-bond donors (Lipinski definition) is 2. The Kier molecular flexibility index (Phi) is 8.07. The summed E-state index contributed by atoms with van der Waals surface area (Å²) in [5, 5.41) is 12.5. The number of ether oxygens (including phenoxy) is 1. The maximum absolute atomic E-state index is 13.4. The Bertz CT molecular complexity index is 1470. The molecule has 2 N–H and O–H groups in total. The largest absolute Gasteiger partial charge is 0.457 e. The van der Waals surface area contributed by atoms with E-state index < -0.39 is 41.0 Å². The molecule has 1 unspecified atom stereocenters. The van der Waals surface area contributed by atoms with Crippen molar-refractivity contribution in [2.75, 3.05) is 0 Å². The molecule has 1 fully saturated rings. The van der Waals surface area contributed by atoms with E-state index in [1.165, 1.54) is 12.1 Å². The first-order chi connectivity index (χ1) is 19.5. The highest BCUT2D eigenvalue weighted by atomic mass is 19.4. The molecule has 3 aromatic rings. The van der Waals surface area contributed by atoms with E-state index in [1.54, 1.807) is 38.1 Å². The lowest BCUT2D eigenvalue weighted by Crippen LogP contribution is -2.53. The van der Waals surface area contributed by atoms with Crippen molar-refractivity contribution in [3.8, 4) is 11.5 Å². The molecule has 4 rings (SSSR count). The number of hydrogen-bond acceptors (Lipinski definition) is 4. The third kappa shape index (κ3) is 5.55. The highest BCUT2D eigenvalue weighted by Gasteiger charge is 2.71. The van der Waals surface area contributed by atoms with Gasteiger partial charge in [-0.25, -0.2) is 4.79 Å². The minimum absolute atomic E-state index is 0.00797. The van der Waals surface area contributed by atoms with Crippen molar-refractivity contribution < 1.29 is 45.8 Å². The average Bonchev–Trinajstić information content (AvgIpc) is 3.12. The number of rotatable bonds is 8. The van der Waals surface area contributed by atoms with Crippen LogP contribution in [-0.4, -0.2) is 34.3 Å². The second kappa shape index (κ2) is 11.0. The Morgan fingerprint density at radius 3 is 2.17 bits per heavy atom. The SMILES string of the molecule is CCCc1cc(C(O)(C(F)(F)F)C(F)(F)F)ccc1Oc1cccc(CN2C(=O)NC(C)(c3ccc(C)cc3)C2=O)c1. The number of carbonyl (C=O) groups is 2. The van der Waals surface area contributed by atoms with Crippen LogP contribution in [0, 0.1) is 6.92 Å². The second-order valence-electron chi connectivity index (χ2n) is 10.3. The molecule has 1 aliphatic rings. The molecule has 1 heterocycles. The lowest BCUT2D eigenvalue weighted by atomic mass is 9.90. The van der Waals surface area contributed by atoms with E-state index in [4.69, 9.17) is 4.74 Å². The van der Waals surface area contributed by atoms with Crippen LogP contribution < -0.4 is 10.1 Å². The summed E-state index contributed by atoms with van der Waals surface area (Å²) in [4.78, 5) is 27.1. The van der Waals surface area contributed by atoms with Gasteiger partial charge in [0.15, 0.2) is 0 Å². The van der Waals surface area contributed by atoms with Crippen molar-refractivity contribution in [3.05, 3.63) is 94.5 Å². The molecule has 0 saturated carbocycles. The van der Waals surface area contributed by atoms with Crippen LogP contribution in [0.1, 0.15) is 48.1 Å². The van der Waals surface area contributed by atoms with Crippen molar-refractivity contribution in [2.45, 2.75) is 63.7 Å². The maximum atomic E-state index is 13.4. The number of amides is 3.